The number of hydrogen-bond donors (Lipinski definition) is 1. The zero-order valence-electron chi connectivity index (χ0n) is 14.2. The lowest BCUT2D eigenvalue weighted by Crippen LogP contribution is -2.44. The van der Waals surface area contributed by atoms with Crippen LogP contribution in [0.1, 0.15) is 50.6 Å². The fraction of sp³-hybridized carbons (Fsp3) is 0.579. The normalized spacial score (nSPS) is 28.7. The minimum atomic E-state index is 0.306. The highest BCUT2D eigenvalue weighted by molar-refractivity contribution is 6.30. The summed E-state index contributed by atoms with van der Waals surface area (Å²) in [7, 11) is 0. The van der Waals surface area contributed by atoms with Crippen LogP contribution >= 0.6 is 11.6 Å². The van der Waals surface area contributed by atoms with E-state index in [1.165, 1.54) is 37.7 Å². The predicted octanol–water partition coefficient (Wildman–Crippen LogP) is 3.98. The molecule has 0 aliphatic heterocycles. The van der Waals surface area contributed by atoms with Gasteiger partial charge in [0.25, 0.3) is 0 Å². The summed E-state index contributed by atoms with van der Waals surface area (Å²) in [5.74, 6) is 0.753. The monoisotopic (exact) mass is 344 g/mol. The molecule has 5 heteroatoms. The Kier molecular flexibility index (Phi) is 4.35. The third kappa shape index (κ3) is 3.22. The van der Waals surface area contributed by atoms with E-state index in [0.717, 1.165) is 17.5 Å². The van der Waals surface area contributed by atoms with Gasteiger partial charge in [0.15, 0.2) is 0 Å². The molecule has 24 heavy (non-hydrogen) atoms. The Morgan fingerprint density at radius 2 is 2.04 bits per heavy atom. The van der Waals surface area contributed by atoms with Crippen LogP contribution < -0.4 is 5.32 Å². The number of benzene rings is 1. The smallest absolute Gasteiger partial charge is 0.137 e. The second-order valence-electron chi connectivity index (χ2n) is 7.64. The van der Waals surface area contributed by atoms with Crippen molar-refractivity contribution < 1.29 is 0 Å². The van der Waals surface area contributed by atoms with Gasteiger partial charge >= 0.3 is 0 Å². The fourth-order valence-electron chi connectivity index (χ4n) is 4.12. The molecule has 2 fully saturated rings. The van der Waals surface area contributed by atoms with Gasteiger partial charge in [0.05, 0.1) is 6.04 Å². The van der Waals surface area contributed by atoms with Gasteiger partial charge < -0.3 is 5.32 Å². The van der Waals surface area contributed by atoms with E-state index in [9.17, 15) is 0 Å². The van der Waals surface area contributed by atoms with Gasteiger partial charge in [-0.25, -0.2) is 9.67 Å². The first kappa shape index (κ1) is 16.1. The van der Waals surface area contributed by atoms with E-state index >= 15 is 0 Å². The van der Waals surface area contributed by atoms with E-state index in [0.29, 0.717) is 17.5 Å². The summed E-state index contributed by atoms with van der Waals surface area (Å²) < 4.78 is 2.05. The number of nitrogens with one attached hydrogen (secondary N) is 1. The SMILES string of the molecule is C[C@@H]1CC[C@@H](NCC2(c3ccc(Cl)cc3)CC2)[C@@H](n2cncn2)C1. The summed E-state index contributed by atoms with van der Waals surface area (Å²) in [5.41, 5.74) is 1.72. The highest BCUT2D eigenvalue weighted by Gasteiger charge is 2.44. The average Bonchev–Trinajstić information content (AvgIpc) is 3.18. The van der Waals surface area contributed by atoms with Crippen LogP contribution in [0, 0.1) is 5.92 Å². The van der Waals surface area contributed by atoms with Crippen molar-refractivity contribution in [3.05, 3.63) is 47.5 Å². The molecule has 0 saturated heterocycles. The van der Waals surface area contributed by atoms with Crippen LogP contribution in [-0.4, -0.2) is 27.4 Å². The Balaban J connectivity index is 1.45. The maximum Gasteiger partial charge on any atom is 0.137 e. The molecular weight excluding hydrogens is 320 g/mol. The number of nitrogens with zero attached hydrogens (tertiary/aromatic N) is 3. The summed E-state index contributed by atoms with van der Waals surface area (Å²) in [6, 6.07) is 9.29. The van der Waals surface area contributed by atoms with Gasteiger partial charge in [0.1, 0.15) is 12.7 Å². The summed E-state index contributed by atoms with van der Waals surface area (Å²) in [5, 5.41) is 9.09. The highest BCUT2D eigenvalue weighted by atomic mass is 35.5. The molecule has 2 aliphatic carbocycles. The van der Waals surface area contributed by atoms with Gasteiger partial charge in [-0.3, -0.25) is 0 Å². The van der Waals surface area contributed by atoms with Crippen LogP contribution in [0.4, 0.5) is 0 Å². The molecule has 1 aromatic carbocycles. The topological polar surface area (TPSA) is 42.7 Å². The van der Waals surface area contributed by atoms with E-state index in [1.54, 1.807) is 6.33 Å². The standard InChI is InChI=1S/C19H25ClN4/c1-14-2-7-17(18(10-14)24-13-21-12-23-24)22-11-19(8-9-19)15-3-5-16(20)6-4-15/h3-6,12-14,17-18,22H,2,7-11H2,1H3/t14-,17-,18+/m1/s1. The zero-order chi connectivity index (χ0) is 16.6. The van der Waals surface area contributed by atoms with Crippen LogP contribution in [-0.2, 0) is 5.41 Å². The van der Waals surface area contributed by atoms with Gasteiger partial charge in [-0.15, -0.1) is 0 Å². The van der Waals surface area contributed by atoms with Gasteiger partial charge in [-0.2, -0.15) is 5.10 Å². The second kappa shape index (κ2) is 6.49. The summed E-state index contributed by atoms with van der Waals surface area (Å²) in [6.07, 6.45) is 9.71. The van der Waals surface area contributed by atoms with Crippen LogP contribution in [0.15, 0.2) is 36.9 Å². The molecule has 0 bridgehead atoms. The first-order chi connectivity index (χ1) is 11.7. The van der Waals surface area contributed by atoms with Gasteiger partial charge in [-0.1, -0.05) is 30.7 Å². The lowest BCUT2D eigenvalue weighted by Gasteiger charge is -2.36. The quantitative estimate of drug-likeness (QED) is 0.892. The van der Waals surface area contributed by atoms with E-state index in [4.69, 9.17) is 11.6 Å². The van der Waals surface area contributed by atoms with Crippen LogP contribution in [0.25, 0.3) is 0 Å². The summed E-state index contributed by atoms with van der Waals surface area (Å²) in [4.78, 5) is 4.15. The molecule has 0 radical (unpaired) electrons. The zero-order valence-corrected chi connectivity index (χ0v) is 14.9. The third-order valence-electron chi connectivity index (χ3n) is 5.87. The first-order valence-electron chi connectivity index (χ1n) is 9.00. The molecular formula is C19H25ClN4. The lowest BCUT2D eigenvalue weighted by molar-refractivity contribution is 0.199. The Hall–Kier alpha value is -1.39. The average molecular weight is 345 g/mol. The minimum absolute atomic E-state index is 0.306. The molecule has 2 aromatic rings. The summed E-state index contributed by atoms with van der Waals surface area (Å²) in [6.45, 7) is 3.38. The van der Waals surface area contributed by atoms with Crippen molar-refractivity contribution in [3.8, 4) is 0 Å². The molecule has 0 unspecified atom stereocenters. The Bertz CT molecular complexity index is 663. The number of rotatable bonds is 5. The van der Waals surface area contributed by atoms with E-state index < -0.39 is 0 Å². The number of hydrogen-bond acceptors (Lipinski definition) is 3. The van der Waals surface area contributed by atoms with Crippen molar-refractivity contribution in [2.45, 2.75) is 56.5 Å². The van der Waals surface area contributed by atoms with Crippen LogP contribution in [0.2, 0.25) is 5.02 Å². The highest BCUT2D eigenvalue weighted by Crippen LogP contribution is 2.48. The first-order valence-corrected chi connectivity index (χ1v) is 9.38. The van der Waals surface area contributed by atoms with Gasteiger partial charge in [0.2, 0.25) is 0 Å². The molecule has 3 atom stereocenters. The Morgan fingerprint density at radius 1 is 1.25 bits per heavy atom. The van der Waals surface area contributed by atoms with Gasteiger partial charge in [0, 0.05) is 23.0 Å². The predicted molar refractivity (Wildman–Crippen MR) is 96.2 cm³/mol. The Morgan fingerprint density at radius 3 is 2.71 bits per heavy atom. The van der Waals surface area contributed by atoms with Crippen LogP contribution in [0.3, 0.4) is 0 Å². The van der Waals surface area contributed by atoms with Gasteiger partial charge in [-0.05, 0) is 55.7 Å². The third-order valence-corrected chi connectivity index (χ3v) is 6.12. The molecule has 2 saturated carbocycles. The molecule has 1 heterocycles. The molecule has 0 spiro atoms. The molecule has 2 aliphatic rings. The molecule has 1 N–H and O–H groups in total. The van der Waals surface area contributed by atoms with E-state index in [2.05, 4.69) is 39.1 Å². The van der Waals surface area contributed by atoms with Crippen molar-refractivity contribution in [1.29, 1.82) is 0 Å². The fourth-order valence-corrected chi connectivity index (χ4v) is 4.24. The maximum absolute atomic E-state index is 6.04. The van der Waals surface area contributed by atoms with Crippen molar-refractivity contribution in [2.24, 2.45) is 5.92 Å². The van der Waals surface area contributed by atoms with Crippen molar-refractivity contribution in [2.75, 3.05) is 6.54 Å². The maximum atomic E-state index is 6.04. The van der Waals surface area contributed by atoms with Crippen molar-refractivity contribution in [3.63, 3.8) is 0 Å². The number of aromatic nitrogens is 3. The van der Waals surface area contributed by atoms with Crippen molar-refractivity contribution in [1.82, 2.24) is 20.1 Å². The molecule has 4 nitrogen and oxygen atoms in total. The largest absolute Gasteiger partial charge is 0.311 e. The lowest BCUT2D eigenvalue weighted by atomic mass is 9.83. The molecule has 1 aromatic heterocycles. The Labute approximate surface area is 148 Å². The minimum Gasteiger partial charge on any atom is -0.311 e. The van der Waals surface area contributed by atoms with Crippen molar-refractivity contribution >= 4 is 11.6 Å². The van der Waals surface area contributed by atoms with E-state index in [1.807, 2.05) is 18.5 Å². The van der Waals surface area contributed by atoms with Crippen LogP contribution in [0.5, 0.6) is 0 Å². The van der Waals surface area contributed by atoms with E-state index in [-0.39, 0.29) is 0 Å². The molecule has 128 valence electrons. The second-order valence-corrected chi connectivity index (χ2v) is 8.07. The molecule has 0 amide bonds. The number of halogens is 1. The summed E-state index contributed by atoms with van der Waals surface area (Å²) >= 11 is 6.04. The molecule has 4 rings (SSSR count).